The number of methoxy groups -OCH3 is 1. The first-order valence-corrected chi connectivity index (χ1v) is 8.11. The maximum atomic E-state index is 11.8. The van der Waals surface area contributed by atoms with E-state index in [0.29, 0.717) is 24.6 Å². The summed E-state index contributed by atoms with van der Waals surface area (Å²) in [6.07, 6.45) is 12.3. The van der Waals surface area contributed by atoms with Crippen LogP contribution in [0.15, 0.2) is 35.8 Å². The first-order chi connectivity index (χ1) is 10.5. The molecule has 0 saturated carbocycles. The van der Waals surface area contributed by atoms with Crippen LogP contribution >= 0.6 is 0 Å². The molecule has 1 aliphatic carbocycles. The molecule has 0 aliphatic heterocycles. The fraction of sp³-hybridized carbons (Fsp3) is 0.611. The summed E-state index contributed by atoms with van der Waals surface area (Å²) in [6.45, 7) is 4.91. The molecule has 0 bridgehead atoms. The van der Waals surface area contributed by atoms with Gasteiger partial charge in [-0.15, -0.1) is 0 Å². The molecule has 4 nitrogen and oxygen atoms in total. The molecule has 1 rings (SSSR count). The average molecular weight is 307 g/mol. The van der Waals surface area contributed by atoms with Crippen LogP contribution in [0, 0.1) is 11.8 Å². The van der Waals surface area contributed by atoms with Crippen LogP contribution in [-0.2, 0) is 9.53 Å². The highest BCUT2D eigenvalue weighted by molar-refractivity contribution is 5.75. The zero-order chi connectivity index (χ0) is 16.4. The van der Waals surface area contributed by atoms with Gasteiger partial charge in [-0.1, -0.05) is 26.0 Å². The van der Waals surface area contributed by atoms with Gasteiger partial charge in [0.1, 0.15) is 0 Å². The van der Waals surface area contributed by atoms with Crippen LogP contribution in [0.1, 0.15) is 46.0 Å². The van der Waals surface area contributed by atoms with Crippen molar-refractivity contribution in [3.63, 3.8) is 0 Å². The van der Waals surface area contributed by atoms with Crippen molar-refractivity contribution in [2.24, 2.45) is 11.8 Å². The van der Waals surface area contributed by atoms with Gasteiger partial charge >= 0.3 is 0 Å². The third-order valence-electron chi connectivity index (χ3n) is 3.58. The average Bonchev–Trinajstić information content (AvgIpc) is 2.49. The molecule has 0 aromatic carbocycles. The van der Waals surface area contributed by atoms with Crippen molar-refractivity contribution < 1.29 is 14.6 Å². The lowest BCUT2D eigenvalue weighted by molar-refractivity contribution is -0.121. The number of aliphatic hydroxyl groups excluding tert-OH is 1. The number of ether oxygens (including phenoxy) is 1. The van der Waals surface area contributed by atoms with Gasteiger partial charge in [-0.05, 0) is 43.8 Å². The molecule has 22 heavy (non-hydrogen) atoms. The predicted molar refractivity (Wildman–Crippen MR) is 89.4 cm³/mol. The Balaban J connectivity index is 2.15. The van der Waals surface area contributed by atoms with E-state index < -0.39 is 0 Å². The molecule has 0 radical (unpaired) electrons. The van der Waals surface area contributed by atoms with Crippen LogP contribution in [0.25, 0.3) is 0 Å². The van der Waals surface area contributed by atoms with E-state index in [9.17, 15) is 9.90 Å². The largest absolute Gasteiger partial charge is 0.504 e. The molecular formula is C18H29NO3. The van der Waals surface area contributed by atoms with Gasteiger partial charge in [0.05, 0.1) is 7.11 Å². The van der Waals surface area contributed by atoms with Gasteiger partial charge in [-0.25, -0.2) is 0 Å². The smallest absolute Gasteiger partial charge is 0.220 e. The third-order valence-corrected chi connectivity index (χ3v) is 3.58. The summed E-state index contributed by atoms with van der Waals surface area (Å²) in [5.74, 6) is 1.54. The summed E-state index contributed by atoms with van der Waals surface area (Å²) in [7, 11) is 1.53. The van der Waals surface area contributed by atoms with Gasteiger partial charge in [0.25, 0.3) is 0 Å². The quantitative estimate of drug-likeness (QED) is 0.502. The van der Waals surface area contributed by atoms with Crippen molar-refractivity contribution in [3.05, 3.63) is 35.8 Å². The molecule has 0 aromatic heterocycles. The number of rotatable bonds is 9. The summed E-state index contributed by atoms with van der Waals surface area (Å²) >= 11 is 0. The Morgan fingerprint density at radius 3 is 2.95 bits per heavy atom. The van der Waals surface area contributed by atoms with E-state index >= 15 is 0 Å². The Hall–Kier alpha value is -1.71. The molecular weight excluding hydrogens is 278 g/mol. The van der Waals surface area contributed by atoms with E-state index in [-0.39, 0.29) is 17.6 Å². The summed E-state index contributed by atoms with van der Waals surface area (Å²) < 4.78 is 5.08. The molecule has 4 heteroatoms. The maximum absolute atomic E-state index is 11.8. The lowest BCUT2D eigenvalue weighted by Gasteiger charge is -2.18. The SMILES string of the molecule is COC1=CC(CNC(=O)CCCCC=CC(C)C)CC=C1O. The summed E-state index contributed by atoms with van der Waals surface area (Å²) in [5, 5.41) is 12.5. The Labute approximate surface area is 133 Å². The topological polar surface area (TPSA) is 58.6 Å². The van der Waals surface area contributed by atoms with Gasteiger partial charge in [-0.3, -0.25) is 4.79 Å². The van der Waals surface area contributed by atoms with Gasteiger partial charge in [0, 0.05) is 18.9 Å². The van der Waals surface area contributed by atoms with Crippen molar-refractivity contribution >= 4 is 5.91 Å². The second-order valence-electron chi connectivity index (χ2n) is 6.04. The highest BCUT2D eigenvalue weighted by Crippen LogP contribution is 2.21. The van der Waals surface area contributed by atoms with Crippen LogP contribution in [0.4, 0.5) is 0 Å². The van der Waals surface area contributed by atoms with E-state index in [2.05, 4.69) is 31.3 Å². The lowest BCUT2D eigenvalue weighted by Crippen LogP contribution is -2.29. The predicted octanol–water partition coefficient (Wildman–Crippen LogP) is 3.87. The second kappa shape index (κ2) is 10.1. The molecule has 2 N–H and O–H groups in total. The van der Waals surface area contributed by atoms with E-state index in [1.54, 1.807) is 6.08 Å². The molecule has 0 saturated heterocycles. The molecule has 0 spiro atoms. The Morgan fingerprint density at radius 2 is 2.27 bits per heavy atom. The molecule has 0 heterocycles. The van der Waals surface area contributed by atoms with Gasteiger partial charge in [0.15, 0.2) is 11.5 Å². The van der Waals surface area contributed by atoms with Crippen LogP contribution in [0.5, 0.6) is 0 Å². The Morgan fingerprint density at radius 1 is 1.50 bits per heavy atom. The number of hydrogen-bond donors (Lipinski definition) is 2. The van der Waals surface area contributed by atoms with Gasteiger partial charge < -0.3 is 15.2 Å². The first kappa shape index (κ1) is 18.3. The number of unbranched alkanes of at least 4 members (excludes halogenated alkanes) is 2. The Kier molecular flexibility index (Phi) is 8.41. The van der Waals surface area contributed by atoms with Crippen molar-refractivity contribution in [1.82, 2.24) is 5.32 Å². The zero-order valence-electron chi connectivity index (χ0n) is 14.0. The third kappa shape index (κ3) is 7.34. The lowest BCUT2D eigenvalue weighted by atomic mass is 9.99. The summed E-state index contributed by atoms with van der Waals surface area (Å²) in [6, 6.07) is 0. The molecule has 1 amide bonds. The number of allylic oxidation sites excluding steroid dienone is 3. The normalized spacial score (nSPS) is 18.3. The highest BCUT2D eigenvalue weighted by atomic mass is 16.5. The zero-order valence-corrected chi connectivity index (χ0v) is 14.0. The first-order valence-electron chi connectivity index (χ1n) is 8.11. The van der Waals surface area contributed by atoms with Crippen LogP contribution in [0.2, 0.25) is 0 Å². The highest BCUT2D eigenvalue weighted by Gasteiger charge is 2.16. The second-order valence-corrected chi connectivity index (χ2v) is 6.04. The molecule has 0 aromatic rings. The number of carbonyl (C=O) groups excluding carboxylic acids is 1. The van der Waals surface area contributed by atoms with Crippen molar-refractivity contribution in [2.45, 2.75) is 46.0 Å². The van der Waals surface area contributed by atoms with Crippen molar-refractivity contribution in [3.8, 4) is 0 Å². The number of carbonyl (C=O) groups is 1. The van der Waals surface area contributed by atoms with Crippen LogP contribution < -0.4 is 5.32 Å². The van der Waals surface area contributed by atoms with Crippen LogP contribution in [-0.4, -0.2) is 24.7 Å². The summed E-state index contributed by atoms with van der Waals surface area (Å²) in [4.78, 5) is 11.8. The fourth-order valence-electron chi connectivity index (χ4n) is 2.30. The minimum atomic E-state index is 0.0963. The maximum Gasteiger partial charge on any atom is 0.220 e. The minimum absolute atomic E-state index is 0.0963. The Bertz CT molecular complexity index is 436. The molecule has 0 fully saturated rings. The number of hydrogen-bond acceptors (Lipinski definition) is 3. The fourth-order valence-corrected chi connectivity index (χ4v) is 2.30. The van der Waals surface area contributed by atoms with Crippen LogP contribution in [0.3, 0.4) is 0 Å². The standard InChI is InChI=1S/C18H29NO3/c1-14(2)8-6-4-5-7-9-18(21)19-13-15-10-11-16(20)17(12-15)22-3/h6,8,11-12,14-15,20H,4-5,7,9-10,13H2,1-3H3,(H,19,21). The monoisotopic (exact) mass is 307 g/mol. The van der Waals surface area contributed by atoms with Gasteiger partial charge in [-0.2, -0.15) is 0 Å². The van der Waals surface area contributed by atoms with E-state index in [1.165, 1.54) is 7.11 Å². The number of aliphatic hydroxyl groups is 1. The van der Waals surface area contributed by atoms with Gasteiger partial charge in [0.2, 0.25) is 5.91 Å². The molecule has 1 atom stereocenters. The van der Waals surface area contributed by atoms with E-state index in [0.717, 1.165) is 25.7 Å². The van der Waals surface area contributed by atoms with E-state index in [4.69, 9.17) is 4.74 Å². The molecule has 124 valence electrons. The minimum Gasteiger partial charge on any atom is -0.504 e. The molecule has 1 aliphatic rings. The number of amides is 1. The number of nitrogens with one attached hydrogen (secondary N) is 1. The van der Waals surface area contributed by atoms with Crippen molar-refractivity contribution in [2.75, 3.05) is 13.7 Å². The summed E-state index contributed by atoms with van der Waals surface area (Å²) in [5.41, 5.74) is 0. The van der Waals surface area contributed by atoms with Crippen molar-refractivity contribution in [1.29, 1.82) is 0 Å². The van der Waals surface area contributed by atoms with E-state index in [1.807, 2.05) is 6.08 Å². The molecule has 1 unspecified atom stereocenters.